The van der Waals surface area contributed by atoms with Crippen molar-refractivity contribution in [3.8, 4) is 0 Å². The summed E-state index contributed by atoms with van der Waals surface area (Å²) in [5.74, 6) is -0.845. The molecule has 3 aromatic rings. The molecule has 3 rings (SSSR count). The summed E-state index contributed by atoms with van der Waals surface area (Å²) < 4.78 is 28.9. The minimum absolute atomic E-state index is 0.0283. The van der Waals surface area contributed by atoms with Crippen molar-refractivity contribution >= 4 is 73.9 Å². The zero-order valence-electron chi connectivity index (χ0n) is 23.7. The number of sulfonamides is 1. The molecular formula is C30H33Cl4N3O4S. The lowest BCUT2D eigenvalue weighted by atomic mass is 10.1. The minimum atomic E-state index is -4.28. The van der Waals surface area contributed by atoms with Crippen molar-refractivity contribution in [1.29, 1.82) is 0 Å². The van der Waals surface area contributed by atoms with E-state index in [1.165, 1.54) is 35.2 Å². The molecule has 12 heteroatoms. The van der Waals surface area contributed by atoms with Crippen LogP contribution in [-0.2, 0) is 26.2 Å². The van der Waals surface area contributed by atoms with Crippen LogP contribution in [-0.4, -0.2) is 44.3 Å². The molecule has 1 atom stereocenters. The number of hydrogen-bond acceptors (Lipinski definition) is 4. The molecule has 0 fully saturated rings. The molecular weight excluding hydrogens is 640 g/mol. The van der Waals surface area contributed by atoms with Gasteiger partial charge in [0, 0.05) is 38.7 Å². The highest BCUT2D eigenvalue weighted by molar-refractivity contribution is 7.92. The third-order valence-electron chi connectivity index (χ3n) is 6.48. The number of carbonyl (C=O) groups excluding carboxylic acids is 2. The summed E-state index contributed by atoms with van der Waals surface area (Å²) in [4.78, 5) is 28.8. The summed E-state index contributed by atoms with van der Waals surface area (Å²) >= 11 is 25.4. The monoisotopic (exact) mass is 671 g/mol. The molecule has 2 amide bonds. The molecule has 0 aliphatic carbocycles. The number of carbonyl (C=O) groups is 2. The molecule has 1 unspecified atom stereocenters. The van der Waals surface area contributed by atoms with E-state index in [0.29, 0.717) is 22.2 Å². The molecule has 3 aromatic carbocycles. The molecule has 0 bridgehead atoms. The lowest BCUT2D eigenvalue weighted by Crippen LogP contribution is -2.52. The number of nitrogens with zero attached hydrogens (tertiary/aromatic N) is 2. The summed E-state index contributed by atoms with van der Waals surface area (Å²) in [5, 5.41) is 3.87. The SMILES string of the molecule is CCC(C(=O)NCC(C)C)N(Cc1c(Cl)cccc1Cl)C(=O)CN(c1cc(Cl)cc(Cl)c1)S(=O)(=O)c1ccc(C)cc1. The van der Waals surface area contributed by atoms with Crippen molar-refractivity contribution in [3.63, 3.8) is 0 Å². The van der Waals surface area contributed by atoms with Gasteiger partial charge in [0.05, 0.1) is 10.6 Å². The van der Waals surface area contributed by atoms with Gasteiger partial charge in [-0.3, -0.25) is 13.9 Å². The number of anilines is 1. The van der Waals surface area contributed by atoms with Crippen LogP contribution in [0, 0.1) is 12.8 Å². The van der Waals surface area contributed by atoms with Gasteiger partial charge in [0.15, 0.2) is 0 Å². The van der Waals surface area contributed by atoms with E-state index in [4.69, 9.17) is 46.4 Å². The van der Waals surface area contributed by atoms with E-state index < -0.39 is 28.5 Å². The van der Waals surface area contributed by atoms with E-state index >= 15 is 0 Å². The first kappa shape index (κ1) is 34.0. The van der Waals surface area contributed by atoms with Gasteiger partial charge in [0.2, 0.25) is 11.8 Å². The maximum absolute atomic E-state index is 14.2. The number of benzene rings is 3. The standard InChI is InChI=1S/C30H33Cl4N3O4S/c1-5-28(30(39)35-16-19(2)3)36(17-25-26(33)7-6-8-27(25)34)29(38)18-37(23-14-21(31)13-22(32)15-23)42(40,41)24-11-9-20(4)10-12-24/h6-15,19,28H,5,16-18H2,1-4H3,(H,35,39). The Hall–Kier alpha value is -2.49. The number of amides is 2. The van der Waals surface area contributed by atoms with Crippen LogP contribution in [0.5, 0.6) is 0 Å². The Labute approximate surface area is 267 Å². The van der Waals surface area contributed by atoms with Gasteiger partial charge >= 0.3 is 0 Å². The zero-order valence-corrected chi connectivity index (χ0v) is 27.5. The fourth-order valence-electron chi connectivity index (χ4n) is 4.25. The Morgan fingerprint density at radius 1 is 0.905 bits per heavy atom. The van der Waals surface area contributed by atoms with Gasteiger partial charge in [-0.25, -0.2) is 8.42 Å². The number of nitrogens with one attached hydrogen (secondary N) is 1. The molecule has 226 valence electrons. The lowest BCUT2D eigenvalue weighted by molar-refractivity contribution is -0.140. The van der Waals surface area contributed by atoms with Crippen molar-refractivity contribution < 1.29 is 18.0 Å². The van der Waals surface area contributed by atoms with Crippen LogP contribution in [0.15, 0.2) is 65.6 Å². The number of aryl methyl sites for hydroxylation is 1. The van der Waals surface area contributed by atoms with Gasteiger partial charge in [0.1, 0.15) is 12.6 Å². The van der Waals surface area contributed by atoms with Crippen molar-refractivity contribution in [2.45, 2.75) is 51.6 Å². The van der Waals surface area contributed by atoms with E-state index in [1.807, 2.05) is 20.8 Å². The van der Waals surface area contributed by atoms with Crippen molar-refractivity contribution in [3.05, 3.63) is 91.9 Å². The van der Waals surface area contributed by atoms with Crippen LogP contribution in [0.4, 0.5) is 5.69 Å². The summed E-state index contributed by atoms with van der Waals surface area (Å²) in [6, 6.07) is 14.5. The van der Waals surface area contributed by atoms with Crippen molar-refractivity contribution in [2.24, 2.45) is 5.92 Å². The molecule has 1 N–H and O–H groups in total. The molecule has 0 saturated heterocycles. The summed E-state index contributed by atoms with van der Waals surface area (Å²) in [6.45, 7) is 7.14. The van der Waals surface area contributed by atoms with Crippen LogP contribution in [0.25, 0.3) is 0 Å². The molecule has 0 aromatic heterocycles. The molecule has 42 heavy (non-hydrogen) atoms. The van der Waals surface area contributed by atoms with E-state index in [2.05, 4.69) is 5.32 Å². The second kappa shape index (κ2) is 14.8. The van der Waals surface area contributed by atoms with Crippen LogP contribution >= 0.6 is 46.4 Å². The quantitative estimate of drug-likeness (QED) is 0.218. The first-order chi connectivity index (χ1) is 19.7. The largest absolute Gasteiger partial charge is 0.354 e. The summed E-state index contributed by atoms with van der Waals surface area (Å²) in [6.07, 6.45) is 0.255. The van der Waals surface area contributed by atoms with Crippen LogP contribution in [0.3, 0.4) is 0 Å². The second-order valence-electron chi connectivity index (χ2n) is 10.2. The number of hydrogen-bond donors (Lipinski definition) is 1. The van der Waals surface area contributed by atoms with E-state index in [0.717, 1.165) is 9.87 Å². The Morgan fingerprint density at radius 2 is 1.48 bits per heavy atom. The van der Waals surface area contributed by atoms with Gasteiger partial charge < -0.3 is 10.2 Å². The zero-order chi connectivity index (χ0) is 31.2. The third-order valence-corrected chi connectivity index (χ3v) is 9.42. The van der Waals surface area contributed by atoms with Crippen LogP contribution < -0.4 is 9.62 Å². The molecule has 7 nitrogen and oxygen atoms in total. The predicted octanol–water partition coefficient (Wildman–Crippen LogP) is 7.38. The highest BCUT2D eigenvalue weighted by Crippen LogP contribution is 2.31. The van der Waals surface area contributed by atoms with Gasteiger partial charge in [-0.2, -0.15) is 0 Å². The fourth-order valence-corrected chi connectivity index (χ4v) is 6.67. The van der Waals surface area contributed by atoms with Crippen LogP contribution in [0.2, 0.25) is 20.1 Å². The fraction of sp³-hybridized carbons (Fsp3) is 0.333. The molecule has 0 radical (unpaired) electrons. The van der Waals surface area contributed by atoms with Gasteiger partial charge in [0.25, 0.3) is 10.0 Å². The predicted molar refractivity (Wildman–Crippen MR) is 171 cm³/mol. The van der Waals surface area contributed by atoms with E-state index in [1.54, 1.807) is 37.3 Å². The highest BCUT2D eigenvalue weighted by atomic mass is 35.5. The molecule has 0 saturated carbocycles. The highest BCUT2D eigenvalue weighted by Gasteiger charge is 2.34. The Kier molecular flexibility index (Phi) is 12.0. The average Bonchev–Trinajstić information content (AvgIpc) is 2.91. The van der Waals surface area contributed by atoms with Gasteiger partial charge in [-0.15, -0.1) is 0 Å². The van der Waals surface area contributed by atoms with Crippen LogP contribution in [0.1, 0.15) is 38.3 Å². The van der Waals surface area contributed by atoms with Crippen molar-refractivity contribution in [1.82, 2.24) is 10.2 Å². The Balaban J connectivity index is 2.12. The molecule has 0 aliphatic rings. The average molecular weight is 673 g/mol. The number of halogens is 4. The first-order valence-electron chi connectivity index (χ1n) is 13.3. The minimum Gasteiger partial charge on any atom is -0.354 e. The first-order valence-corrected chi connectivity index (χ1v) is 16.2. The van der Waals surface area contributed by atoms with Crippen molar-refractivity contribution in [2.75, 3.05) is 17.4 Å². The van der Waals surface area contributed by atoms with Gasteiger partial charge in [-0.05, 0) is 61.7 Å². The Morgan fingerprint density at radius 3 is 2.00 bits per heavy atom. The maximum Gasteiger partial charge on any atom is 0.264 e. The lowest BCUT2D eigenvalue weighted by Gasteiger charge is -2.33. The van der Waals surface area contributed by atoms with E-state index in [9.17, 15) is 18.0 Å². The smallest absolute Gasteiger partial charge is 0.264 e. The third kappa shape index (κ3) is 8.54. The topological polar surface area (TPSA) is 86.8 Å². The molecule has 0 heterocycles. The second-order valence-corrected chi connectivity index (χ2v) is 13.8. The molecule has 0 spiro atoms. The summed E-state index contributed by atoms with van der Waals surface area (Å²) in [5.41, 5.74) is 1.39. The van der Waals surface area contributed by atoms with Gasteiger partial charge in [-0.1, -0.05) is 90.9 Å². The normalized spacial score (nSPS) is 12.2. The summed E-state index contributed by atoms with van der Waals surface area (Å²) in [7, 11) is -4.28. The number of rotatable bonds is 12. The maximum atomic E-state index is 14.2. The molecule has 0 aliphatic heterocycles. The van der Waals surface area contributed by atoms with E-state index in [-0.39, 0.29) is 45.4 Å². The Bertz CT molecular complexity index is 1490.